The van der Waals surface area contributed by atoms with Gasteiger partial charge in [0.25, 0.3) is 5.91 Å². The van der Waals surface area contributed by atoms with Gasteiger partial charge in [-0.3, -0.25) is 4.79 Å². The molecule has 2 aromatic heterocycles. The van der Waals surface area contributed by atoms with Crippen LogP contribution in [0.15, 0.2) is 47.3 Å². The number of nitrogens with zero attached hydrogens (tertiary/aromatic N) is 2. The normalized spacial score (nSPS) is 16.6. The summed E-state index contributed by atoms with van der Waals surface area (Å²) < 4.78 is 0. The first kappa shape index (κ1) is 15.5. The van der Waals surface area contributed by atoms with Crippen molar-refractivity contribution in [3.8, 4) is 10.6 Å². The van der Waals surface area contributed by atoms with E-state index in [0.29, 0.717) is 0 Å². The number of carbonyl (C=O) groups excluding carboxylic acids is 1. The van der Waals surface area contributed by atoms with E-state index in [1.165, 1.54) is 22.5 Å². The Balaban J connectivity index is 1.51. The molecule has 2 heterocycles. The molecule has 0 spiro atoms. The Morgan fingerprint density at radius 1 is 1.25 bits per heavy atom. The van der Waals surface area contributed by atoms with Crippen LogP contribution in [0.2, 0.25) is 0 Å². The van der Waals surface area contributed by atoms with Gasteiger partial charge in [0.15, 0.2) is 0 Å². The Morgan fingerprint density at radius 2 is 2.08 bits per heavy atom. The van der Waals surface area contributed by atoms with E-state index in [2.05, 4.69) is 34.6 Å². The minimum absolute atomic E-state index is 0.0818. The molecule has 4 rings (SSSR count). The van der Waals surface area contributed by atoms with Gasteiger partial charge < -0.3 is 4.90 Å². The third-order valence-electron chi connectivity index (χ3n) is 4.67. The summed E-state index contributed by atoms with van der Waals surface area (Å²) in [4.78, 5) is 19.9. The molecule has 24 heavy (non-hydrogen) atoms. The zero-order chi connectivity index (χ0) is 16.5. The summed E-state index contributed by atoms with van der Waals surface area (Å²) in [5.74, 6) is 0.0818. The van der Waals surface area contributed by atoms with Crippen LogP contribution < -0.4 is 0 Å². The minimum Gasteiger partial charge on any atom is -0.338 e. The van der Waals surface area contributed by atoms with Gasteiger partial charge in [-0.05, 0) is 41.8 Å². The van der Waals surface area contributed by atoms with Crippen molar-refractivity contribution in [2.24, 2.45) is 0 Å². The molecular formula is C19H18N2OS2. The Bertz CT molecular complexity index is 854. The second-order valence-corrected chi connectivity index (χ2v) is 7.93. The van der Waals surface area contributed by atoms with Crippen LogP contribution in [0.3, 0.4) is 0 Å². The lowest BCUT2D eigenvalue weighted by Crippen LogP contribution is -2.40. The van der Waals surface area contributed by atoms with Gasteiger partial charge in [0.2, 0.25) is 0 Å². The summed E-state index contributed by atoms with van der Waals surface area (Å²) in [6, 6.07) is 10.9. The summed E-state index contributed by atoms with van der Waals surface area (Å²) in [5.41, 5.74) is 3.89. The number of thiazole rings is 1. The van der Waals surface area contributed by atoms with Gasteiger partial charge >= 0.3 is 0 Å². The fourth-order valence-electron chi connectivity index (χ4n) is 3.24. The zero-order valence-electron chi connectivity index (χ0n) is 13.4. The molecule has 1 aliphatic carbocycles. The number of fused-ring (bicyclic) bond motifs is 1. The van der Waals surface area contributed by atoms with Crippen LogP contribution in [0.25, 0.3) is 10.6 Å². The first-order valence-electron chi connectivity index (χ1n) is 8.04. The van der Waals surface area contributed by atoms with Gasteiger partial charge in [0, 0.05) is 24.0 Å². The van der Waals surface area contributed by atoms with E-state index < -0.39 is 0 Å². The van der Waals surface area contributed by atoms with E-state index in [1.807, 2.05) is 23.4 Å². The van der Waals surface area contributed by atoms with Crippen molar-refractivity contribution in [1.29, 1.82) is 0 Å². The SMILES string of the molecule is CN(C(=O)c1cnc(-c2ccsc2)s1)C1CCc2ccccc2C1. The lowest BCUT2D eigenvalue weighted by Gasteiger charge is -2.32. The van der Waals surface area contributed by atoms with Crippen LogP contribution in [0.1, 0.15) is 27.2 Å². The summed E-state index contributed by atoms with van der Waals surface area (Å²) in [6.45, 7) is 0. The first-order valence-corrected chi connectivity index (χ1v) is 9.80. The maximum atomic E-state index is 12.8. The Kier molecular flexibility index (Phi) is 4.21. The van der Waals surface area contributed by atoms with Crippen molar-refractivity contribution >= 4 is 28.6 Å². The number of thiophene rings is 1. The standard InChI is InChI=1S/C19H18N2OS2/c1-21(16-7-6-13-4-2-3-5-14(13)10-16)19(22)17-11-20-18(24-17)15-8-9-23-12-15/h2-5,8-9,11-12,16H,6-7,10H2,1H3. The molecule has 0 aliphatic heterocycles. The molecule has 0 fully saturated rings. The molecule has 1 amide bonds. The molecule has 3 nitrogen and oxygen atoms in total. The predicted molar refractivity (Wildman–Crippen MR) is 99.8 cm³/mol. The number of amides is 1. The molecule has 1 aromatic carbocycles. The molecular weight excluding hydrogens is 336 g/mol. The fourth-order valence-corrected chi connectivity index (χ4v) is 4.85. The molecule has 5 heteroatoms. The van der Waals surface area contributed by atoms with Crippen LogP contribution in [-0.4, -0.2) is 28.9 Å². The predicted octanol–water partition coefficient (Wildman–Crippen LogP) is 4.50. The van der Waals surface area contributed by atoms with Crippen LogP contribution in [-0.2, 0) is 12.8 Å². The zero-order valence-corrected chi connectivity index (χ0v) is 15.1. The number of benzene rings is 1. The second kappa shape index (κ2) is 6.49. The summed E-state index contributed by atoms with van der Waals surface area (Å²) >= 11 is 3.13. The highest BCUT2D eigenvalue weighted by Crippen LogP contribution is 2.29. The number of carbonyl (C=O) groups is 1. The van der Waals surface area contributed by atoms with Gasteiger partial charge in [0.1, 0.15) is 9.88 Å². The summed E-state index contributed by atoms with van der Waals surface area (Å²) in [5, 5.41) is 5.01. The van der Waals surface area contributed by atoms with Gasteiger partial charge in [0.05, 0.1) is 6.20 Å². The third-order valence-corrected chi connectivity index (χ3v) is 6.39. The highest BCUT2D eigenvalue weighted by molar-refractivity contribution is 7.17. The maximum Gasteiger partial charge on any atom is 0.265 e. The van der Waals surface area contributed by atoms with Crippen molar-refractivity contribution in [3.63, 3.8) is 0 Å². The van der Waals surface area contributed by atoms with Crippen LogP contribution >= 0.6 is 22.7 Å². The lowest BCUT2D eigenvalue weighted by molar-refractivity contribution is 0.0723. The Morgan fingerprint density at radius 3 is 2.88 bits per heavy atom. The monoisotopic (exact) mass is 354 g/mol. The largest absolute Gasteiger partial charge is 0.338 e. The summed E-state index contributed by atoms with van der Waals surface area (Å²) in [6.07, 6.45) is 4.72. The molecule has 1 atom stereocenters. The number of likely N-dealkylation sites (N-methyl/N-ethyl adjacent to an activating group) is 1. The molecule has 0 radical (unpaired) electrons. The molecule has 1 unspecified atom stereocenters. The van der Waals surface area contributed by atoms with E-state index in [0.717, 1.165) is 34.7 Å². The van der Waals surface area contributed by atoms with Gasteiger partial charge in [-0.2, -0.15) is 11.3 Å². The van der Waals surface area contributed by atoms with Crippen molar-refractivity contribution in [2.75, 3.05) is 7.05 Å². The third kappa shape index (κ3) is 2.89. The second-order valence-electron chi connectivity index (χ2n) is 6.12. The van der Waals surface area contributed by atoms with E-state index in [9.17, 15) is 4.79 Å². The van der Waals surface area contributed by atoms with Crippen molar-refractivity contribution in [1.82, 2.24) is 9.88 Å². The molecule has 0 saturated carbocycles. The van der Waals surface area contributed by atoms with Crippen molar-refractivity contribution in [2.45, 2.75) is 25.3 Å². The lowest BCUT2D eigenvalue weighted by atomic mass is 9.87. The van der Waals surface area contributed by atoms with Crippen LogP contribution in [0.5, 0.6) is 0 Å². The molecule has 0 bridgehead atoms. The highest BCUT2D eigenvalue weighted by Gasteiger charge is 2.26. The van der Waals surface area contributed by atoms with Crippen molar-refractivity contribution < 1.29 is 4.79 Å². The highest BCUT2D eigenvalue weighted by atomic mass is 32.1. The van der Waals surface area contributed by atoms with Crippen LogP contribution in [0, 0.1) is 0 Å². The van der Waals surface area contributed by atoms with Gasteiger partial charge in [-0.25, -0.2) is 4.98 Å². The fraction of sp³-hybridized carbons (Fsp3) is 0.263. The number of rotatable bonds is 3. The average molecular weight is 355 g/mol. The molecule has 0 N–H and O–H groups in total. The number of aryl methyl sites for hydroxylation is 1. The minimum atomic E-state index is 0.0818. The first-order chi connectivity index (χ1) is 11.7. The molecule has 1 aliphatic rings. The van der Waals surface area contributed by atoms with E-state index >= 15 is 0 Å². The van der Waals surface area contributed by atoms with Crippen LogP contribution in [0.4, 0.5) is 0 Å². The quantitative estimate of drug-likeness (QED) is 0.694. The van der Waals surface area contributed by atoms with E-state index in [4.69, 9.17) is 0 Å². The maximum absolute atomic E-state index is 12.8. The average Bonchev–Trinajstić information content (AvgIpc) is 3.31. The molecule has 0 saturated heterocycles. The van der Waals surface area contributed by atoms with E-state index in [-0.39, 0.29) is 11.9 Å². The smallest absolute Gasteiger partial charge is 0.265 e. The topological polar surface area (TPSA) is 33.2 Å². The molecule has 3 aromatic rings. The molecule has 122 valence electrons. The van der Waals surface area contributed by atoms with Crippen molar-refractivity contribution in [3.05, 3.63) is 63.3 Å². The van der Waals surface area contributed by atoms with E-state index in [1.54, 1.807) is 17.5 Å². The number of aromatic nitrogens is 1. The number of hydrogen-bond acceptors (Lipinski definition) is 4. The number of hydrogen-bond donors (Lipinski definition) is 0. The Hall–Kier alpha value is -1.98. The summed E-state index contributed by atoms with van der Waals surface area (Å²) in [7, 11) is 1.92. The van der Waals surface area contributed by atoms with Gasteiger partial charge in [-0.1, -0.05) is 24.3 Å². The van der Waals surface area contributed by atoms with Gasteiger partial charge in [-0.15, -0.1) is 11.3 Å². The Labute approximate surface area is 149 Å².